The quantitative estimate of drug-likeness (QED) is 0.527. The third-order valence-electron chi connectivity index (χ3n) is 2.16. The van der Waals surface area contributed by atoms with Gasteiger partial charge in [0, 0.05) is 11.0 Å². The van der Waals surface area contributed by atoms with Crippen LogP contribution >= 0.6 is 0 Å². The summed E-state index contributed by atoms with van der Waals surface area (Å²) in [6.45, 7) is 2.23. The summed E-state index contributed by atoms with van der Waals surface area (Å²) in [4.78, 5) is 21.5. The highest BCUT2D eigenvalue weighted by molar-refractivity contribution is 6.60. The fourth-order valence-electron chi connectivity index (χ4n) is 1.42. The standard InChI is InChI=1S/C11H13BO5/c1-2-3-17-11-9(7-14)4-8(6-13)5-10(11)12(15)16/h4-7,15-16H,2-3H2,1H3. The molecule has 0 saturated heterocycles. The van der Waals surface area contributed by atoms with Crippen molar-refractivity contribution in [1.82, 2.24) is 0 Å². The molecular formula is C11H13BO5. The van der Waals surface area contributed by atoms with Crippen LogP contribution in [0.5, 0.6) is 5.75 Å². The topological polar surface area (TPSA) is 83.8 Å². The molecule has 1 aromatic carbocycles. The fourth-order valence-corrected chi connectivity index (χ4v) is 1.42. The normalized spacial score (nSPS) is 9.82. The van der Waals surface area contributed by atoms with Crippen LogP contribution < -0.4 is 10.2 Å². The maximum Gasteiger partial charge on any atom is 0.492 e. The van der Waals surface area contributed by atoms with Crippen LogP contribution in [-0.2, 0) is 0 Å². The predicted molar refractivity (Wildman–Crippen MR) is 62.8 cm³/mol. The molecule has 0 amide bonds. The van der Waals surface area contributed by atoms with Crippen molar-refractivity contribution < 1.29 is 24.4 Å². The fraction of sp³-hybridized carbons (Fsp3) is 0.273. The molecule has 1 aromatic rings. The van der Waals surface area contributed by atoms with Crippen LogP contribution in [-0.4, -0.2) is 36.3 Å². The molecular weight excluding hydrogens is 223 g/mol. The van der Waals surface area contributed by atoms with E-state index in [9.17, 15) is 19.6 Å². The SMILES string of the molecule is CCCOc1c(C=O)cc(C=O)cc1B(O)O. The molecule has 0 spiro atoms. The minimum atomic E-state index is -1.79. The third kappa shape index (κ3) is 3.15. The van der Waals surface area contributed by atoms with Gasteiger partial charge in [-0.25, -0.2) is 0 Å². The highest BCUT2D eigenvalue weighted by atomic mass is 16.5. The number of carbonyl (C=O) groups is 2. The van der Waals surface area contributed by atoms with Gasteiger partial charge in [-0.3, -0.25) is 9.59 Å². The maximum absolute atomic E-state index is 10.9. The van der Waals surface area contributed by atoms with E-state index in [2.05, 4.69) is 0 Å². The van der Waals surface area contributed by atoms with E-state index in [-0.39, 0.29) is 22.3 Å². The monoisotopic (exact) mass is 236 g/mol. The molecule has 0 aliphatic rings. The molecule has 0 aliphatic carbocycles. The second kappa shape index (κ2) is 6.17. The average molecular weight is 236 g/mol. The van der Waals surface area contributed by atoms with Gasteiger partial charge in [0.1, 0.15) is 12.0 Å². The molecule has 0 saturated carbocycles. The zero-order valence-corrected chi connectivity index (χ0v) is 9.42. The number of carbonyl (C=O) groups excluding carboxylic acids is 2. The Bertz CT molecular complexity index is 417. The van der Waals surface area contributed by atoms with Crippen molar-refractivity contribution in [2.24, 2.45) is 0 Å². The molecule has 0 bridgehead atoms. The second-order valence-corrected chi connectivity index (χ2v) is 3.49. The summed E-state index contributed by atoms with van der Waals surface area (Å²) in [5.41, 5.74) is 0.343. The Morgan fingerprint density at radius 3 is 2.47 bits per heavy atom. The molecule has 1 rings (SSSR count). The van der Waals surface area contributed by atoms with Crippen molar-refractivity contribution in [2.45, 2.75) is 13.3 Å². The Morgan fingerprint density at radius 1 is 1.29 bits per heavy atom. The first-order chi connectivity index (χ1) is 8.13. The van der Waals surface area contributed by atoms with Gasteiger partial charge in [-0.1, -0.05) is 6.92 Å². The lowest BCUT2D eigenvalue weighted by Gasteiger charge is -2.13. The molecule has 0 atom stereocenters. The van der Waals surface area contributed by atoms with Crippen LogP contribution in [0.4, 0.5) is 0 Å². The molecule has 0 heterocycles. The number of benzene rings is 1. The van der Waals surface area contributed by atoms with Crippen molar-refractivity contribution in [3.05, 3.63) is 23.3 Å². The summed E-state index contributed by atoms with van der Waals surface area (Å²) in [7, 11) is -1.79. The van der Waals surface area contributed by atoms with Gasteiger partial charge >= 0.3 is 7.12 Å². The van der Waals surface area contributed by atoms with Crippen LogP contribution in [0.2, 0.25) is 0 Å². The van der Waals surface area contributed by atoms with Crippen molar-refractivity contribution in [1.29, 1.82) is 0 Å². The van der Waals surface area contributed by atoms with E-state index >= 15 is 0 Å². The largest absolute Gasteiger partial charge is 0.493 e. The van der Waals surface area contributed by atoms with E-state index in [1.165, 1.54) is 12.1 Å². The third-order valence-corrected chi connectivity index (χ3v) is 2.16. The van der Waals surface area contributed by atoms with Crippen molar-refractivity contribution in [2.75, 3.05) is 6.61 Å². The van der Waals surface area contributed by atoms with Gasteiger partial charge in [-0.2, -0.15) is 0 Å². The molecule has 0 aliphatic heterocycles. The highest BCUT2D eigenvalue weighted by Gasteiger charge is 2.21. The molecule has 0 aromatic heterocycles. The number of rotatable bonds is 6. The Hall–Kier alpha value is -1.66. The first-order valence-corrected chi connectivity index (χ1v) is 5.21. The summed E-state index contributed by atoms with van der Waals surface area (Å²) in [6.07, 6.45) is 1.76. The lowest BCUT2D eigenvalue weighted by Crippen LogP contribution is -2.33. The van der Waals surface area contributed by atoms with E-state index in [1.807, 2.05) is 6.92 Å². The maximum atomic E-state index is 10.9. The molecule has 6 heteroatoms. The van der Waals surface area contributed by atoms with E-state index < -0.39 is 7.12 Å². The Balaban J connectivity index is 3.29. The van der Waals surface area contributed by atoms with Crippen molar-refractivity contribution >= 4 is 25.2 Å². The number of hydrogen-bond acceptors (Lipinski definition) is 5. The van der Waals surface area contributed by atoms with Crippen LogP contribution in [0.25, 0.3) is 0 Å². The van der Waals surface area contributed by atoms with Crippen LogP contribution in [0.15, 0.2) is 12.1 Å². The van der Waals surface area contributed by atoms with Gasteiger partial charge in [0.15, 0.2) is 6.29 Å². The van der Waals surface area contributed by atoms with E-state index in [4.69, 9.17) is 4.74 Å². The minimum absolute atomic E-state index is 0.0187. The molecule has 2 N–H and O–H groups in total. The molecule has 0 unspecified atom stereocenters. The van der Waals surface area contributed by atoms with Crippen LogP contribution in [0, 0.1) is 0 Å². The molecule has 17 heavy (non-hydrogen) atoms. The predicted octanol–water partition coefficient (Wildman–Crippen LogP) is -0.220. The number of hydrogen-bond donors (Lipinski definition) is 2. The second-order valence-electron chi connectivity index (χ2n) is 3.49. The van der Waals surface area contributed by atoms with Gasteiger partial charge in [0.25, 0.3) is 0 Å². The molecule has 0 fully saturated rings. The Morgan fingerprint density at radius 2 is 2.00 bits per heavy atom. The first kappa shape index (κ1) is 13.4. The summed E-state index contributed by atoms with van der Waals surface area (Å²) < 4.78 is 5.30. The van der Waals surface area contributed by atoms with Gasteiger partial charge in [-0.15, -0.1) is 0 Å². The summed E-state index contributed by atoms with van der Waals surface area (Å²) in [6, 6.07) is 2.63. The van der Waals surface area contributed by atoms with Crippen LogP contribution in [0.1, 0.15) is 34.1 Å². The van der Waals surface area contributed by atoms with Gasteiger partial charge in [0.2, 0.25) is 0 Å². The smallest absolute Gasteiger partial charge is 0.492 e. The molecule has 90 valence electrons. The summed E-state index contributed by atoms with van der Waals surface area (Å²) in [5, 5.41) is 18.4. The number of aldehydes is 2. The summed E-state index contributed by atoms with van der Waals surface area (Å²) >= 11 is 0. The lowest BCUT2D eigenvalue weighted by molar-refractivity contribution is 0.111. The molecule has 5 nitrogen and oxygen atoms in total. The number of ether oxygens (including phenoxy) is 1. The van der Waals surface area contributed by atoms with Gasteiger partial charge in [0.05, 0.1) is 12.2 Å². The van der Waals surface area contributed by atoms with E-state index in [0.717, 1.165) is 0 Å². The minimum Gasteiger partial charge on any atom is -0.493 e. The molecule has 0 radical (unpaired) electrons. The van der Waals surface area contributed by atoms with Crippen molar-refractivity contribution in [3.8, 4) is 5.75 Å². The van der Waals surface area contributed by atoms with Crippen LogP contribution in [0.3, 0.4) is 0 Å². The average Bonchev–Trinajstić information content (AvgIpc) is 2.35. The van der Waals surface area contributed by atoms with E-state index in [1.54, 1.807) is 0 Å². The Labute approximate surface area is 99.2 Å². The zero-order valence-electron chi connectivity index (χ0n) is 9.42. The van der Waals surface area contributed by atoms with Crippen molar-refractivity contribution in [3.63, 3.8) is 0 Å². The highest BCUT2D eigenvalue weighted by Crippen LogP contribution is 2.16. The Kier molecular flexibility index (Phi) is 4.87. The zero-order chi connectivity index (χ0) is 12.8. The first-order valence-electron chi connectivity index (χ1n) is 5.21. The lowest BCUT2D eigenvalue weighted by atomic mass is 9.77. The van der Waals surface area contributed by atoms with Gasteiger partial charge < -0.3 is 14.8 Å². The summed E-state index contributed by atoms with van der Waals surface area (Å²) in [5.74, 6) is 0.113. The van der Waals surface area contributed by atoms with E-state index in [0.29, 0.717) is 25.6 Å². The van der Waals surface area contributed by atoms with Gasteiger partial charge in [-0.05, 0) is 18.6 Å².